The number of alkyl halides is 3. The minimum Gasteiger partial charge on any atom is -0.461 e. The van der Waals surface area contributed by atoms with E-state index in [2.05, 4.69) is 11.6 Å². The van der Waals surface area contributed by atoms with E-state index in [0.29, 0.717) is 0 Å². The predicted octanol–water partition coefficient (Wildman–Crippen LogP) is 4.99. The zero-order valence-corrected chi connectivity index (χ0v) is 18.9. The number of rotatable bonds is 6. The molecule has 0 spiro atoms. The van der Waals surface area contributed by atoms with Crippen molar-refractivity contribution in [1.82, 2.24) is 8.96 Å². The fourth-order valence-electron chi connectivity index (χ4n) is 3.23. The van der Waals surface area contributed by atoms with Crippen molar-refractivity contribution in [2.24, 2.45) is 0 Å². The van der Waals surface area contributed by atoms with Gasteiger partial charge in [-0.25, -0.2) is 17.2 Å². The number of aromatic nitrogens is 2. The molecule has 33 heavy (non-hydrogen) atoms. The SMILES string of the molecule is C=C(c1ccc(C(F)(F)F)nc1)c1cn(S(=O)(=O)c2ccc(C)cc2)c(C(=O)OCC)c1C. The first kappa shape index (κ1) is 24.2. The van der Waals surface area contributed by atoms with Gasteiger partial charge in [-0.15, -0.1) is 0 Å². The molecule has 0 bridgehead atoms. The number of pyridine rings is 1. The standard InChI is InChI=1S/C23H21F3N2O4S/c1-5-32-22(29)21-16(4)19(15(3)17-8-11-20(27-12-17)23(24,25)26)13-28(21)33(30,31)18-9-6-14(2)7-10-18/h6-13H,3,5H2,1-2,4H3. The smallest absolute Gasteiger partial charge is 0.433 e. The van der Waals surface area contributed by atoms with Crippen molar-refractivity contribution in [3.63, 3.8) is 0 Å². The van der Waals surface area contributed by atoms with E-state index in [9.17, 15) is 26.4 Å². The molecule has 0 saturated carbocycles. The van der Waals surface area contributed by atoms with Crippen molar-refractivity contribution in [2.45, 2.75) is 31.8 Å². The minimum absolute atomic E-state index is 0.0210. The molecule has 0 unspecified atom stereocenters. The van der Waals surface area contributed by atoms with Gasteiger partial charge >= 0.3 is 12.1 Å². The molecular weight excluding hydrogens is 457 g/mol. The Morgan fingerprint density at radius 3 is 2.27 bits per heavy atom. The number of hydrogen-bond acceptors (Lipinski definition) is 5. The Morgan fingerprint density at radius 1 is 1.12 bits per heavy atom. The van der Waals surface area contributed by atoms with E-state index in [-0.39, 0.29) is 39.5 Å². The molecule has 1 aromatic carbocycles. The second-order valence-electron chi connectivity index (χ2n) is 7.26. The Balaban J connectivity index is 2.15. The highest BCUT2D eigenvalue weighted by Gasteiger charge is 2.33. The summed E-state index contributed by atoms with van der Waals surface area (Å²) < 4.78 is 71.1. The first-order chi connectivity index (χ1) is 15.4. The number of aryl methyl sites for hydroxylation is 1. The topological polar surface area (TPSA) is 78.3 Å². The van der Waals surface area contributed by atoms with Crippen LogP contribution in [0.3, 0.4) is 0 Å². The van der Waals surface area contributed by atoms with Crippen LogP contribution in [-0.4, -0.2) is 30.0 Å². The van der Waals surface area contributed by atoms with Gasteiger partial charge in [-0.3, -0.25) is 4.98 Å². The van der Waals surface area contributed by atoms with E-state index < -0.39 is 27.9 Å². The van der Waals surface area contributed by atoms with Crippen LogP contribution in [0.1, 0.15) is 45.4 Å². The maximum atomic E-state index is 13.3. The predicted molar refractivity (Wildman–Crippen MR) is 116 cm³/mol. The lowest BCUT2D eigenvalue weighted by Crippen LogP contribution is -2.20. The van der Waals surface area contributed by atoms with Crippen molar-refractivity contribution >= 4 is 21.6 Å². The zero-order chi connectivity index (χ0) is 24.6. The lowest BCUT2D eigenvalue weighted by atomic mass is 9.99. The van der Waals surface area contributed by atoms with Crippen molar-refractivity contribution in [1.29, 1.82) is 0 Å². The molecule has 0 atom stereocenters. The van der Waals surface area contributed by atoms with Crippen LogP contribution in [0.15, 0.2) is 60.3 Å². The third-order valence-corrected chi connectivity index (χ3v) is 6.67. The number of benzene rings is 1. The third-order valence-electron chi connectivity index (χ3n) is 5.00. The number of carbonyl (C=O) groups is 1. The Hall–Kier alpha value is -3.40. The Kier molecular flexibility index (Phi) is 6.51. The van der Waals surface area contributed by atoms with E-state index in [1.807, 2.05) is 0 Å². The van der Waals surface area contributed by atoms with Crippen LogP contribution < -0.4 is 0 Å². The van der Waals surface area contributed by atoms with E-state index in [4.69, 9.17) is 4.74 Å². The van der Waals surface area contributed by atoms with Gasteiger partial charge in [0.05, 0.1) is 11.5 Å². The maximum absolute atomic E-state index is 13.3. The second kappa shape index (κ2) is 8.86. The van der Waals surface area contributed by atoms with Crippen LogP contribution >= 0.6 is 0 Å². The number of ether oxygens (including phenoxy) is 1. The van der Waals surface area contributed by atoms with Gasteiger partial charge in [-0.1, -0.05) is 30.3 Å². The Bertz CT molecular complexity index is 1310. The quantitative estimate of drug-likeness (QED) is 0.466. The largest absolute Gasteiger partial charge is 0.461 e. The molecule has 0 radical (unpaired) electrons. The number of carbonyl (C=O) groups excluding carboxylic acids is 1. The second-order valence-corrected chi connectivity index (χ2v) is 9.07. The minimum atomic E-state index is -4.60. The van der Waals surface area contributed by atoms with Crippen LogP contribution in [0, 0.1) is 13.8 Å². The normalized spacial score (nSPS) is 11.9. The highest BCUT2D eigenvalue weighted by molar-refractivity contribution is 7.90. The van der Waals surface area contributed by atoms with Gasteiger partial charge in [0.25, 0.3) is 10.0 Å². The van der Waals surface area contributed by atoms with Gasteiger partial charge in [-0.05, 0) is 50.1 Å². The Morgan fingerprint density at radius 2 is 1.76 bits per heavy atom. The van der Waals surface area contributed by atoms with Crippen molar-refractivity contribution < 1.29 is 31.1 Å². The van der Waals surface area contributed by atoms with Gasteiger partial charge < -0.3 is 4.74 Å². The van der Waals surface area contributed by atoms with Gasteiger partial charge in [0.15, 0.2) is 0 Å². The molecule has 3 aromatic rings. The van der Waals surface area contributed by atoms with Crippen LogP contribution in [0.5, 0.6) is 0 Å². The molecule has 0 aliphatic rings. The summed E-state index contributed by atoms with van der Waals surface area (Å²) in [6.07, 6.45) is -2.38. The molecule has 0 amide bonds. The fraction of sp³-hybridized carbons (Fsp3) is 0.217. The van der Waals surface area contributed by atoms with Crippen molar-refractivity contribution in [3.8, 4) is 0 Å². The number of hydrogen-bond donors (Lipinski definition) is 0. The first-order valence-electron chi connectivity index (χ1n) is 9.82. The van der Waals surface area contributed by atoms with E-state index in [0.717, 1.165) is 21.8 Å². The van der Waals surface area contributed by atoms with Gasteiger partial charge in [0.2, 0.25) is 0 Å². The van der Waals surface area contributed by atoms with Crippen LogP contribution in [0.2, 0.25) is 0 Å². The molecule has 0 N–H and O–H groups in total. The molecule has 0 fully saturated rings. The average molecular weight is 478 g/mol. The molecular formula is C23H21F3N2O4S. The molecule has 2 aromatic heterocycles. The highest BCUT2D eigenvalue weighted by Crippen LogP contribution is 2.33. The summed E-state index contributed by atoms with van der Waals surface area (Å²) in [5.74, 6) is -0.852. The summed E-state index contributed by atoms with van der Waals surface area (Å²) >= 11 is 0. The summed E-state index contributed by atoms with van der Waals surface area (Å²) in [7, 11) is -4.18. The molecule has 0 aliphatic carbocycles. The van der Waals surface area contributed by atoms with Gasteiger partial charge in [-0.2, -0.15) is 13.2 Å². The van der Waals surface area contributed by atoms with Crippen LogP contribution in [0.25, 0.3) is 5.57 Å². The molecule has 10 heteroatoms. The summed E-state index contributed by atoms with van der Waals surface area (Å²) in [4.78, 5) is 16.1. The van der Waals surface area contributed by atoms with Crippen molar-refractivity contribution in [2.75, 3.05) is 6.61 Å². The Labute approximate surface area is 189 Å². The third kappa shape index (κ3) is 4.70. The monoisotopic (exact) mass is 478 g/mol. The zero-order valence-electron chi connectivity index (χ0n) is 18.1. The van der Waals surface area contributed by atoms with Crippen LogP contribution in [0.4, 0.5) is 13.2 Å². The molecule has 174 valence electrons. The van der Waals surface area contributed by atoms with E-state index >= 15 is 0 Å². The molecule has 3 rings (SSSR count). The first-order valence-corrected chi connectivity index (χ1v) is 11.3. The lowest BCUT2D eigenvalue weighted by molar-refractivity contribution is -0.141. The highest BCUT2D eigenvalue weighted by atomic mass is 32.2. The summed E-state index contributed by atoms with van der Waals surface area (Å²) in [5, 5.41) is 0. The van der Waals surface area contributed by atoms with Crippen molar-refractivity contribution in [3.05, 3.63) is 89.0 Å². The number of halogens is 3. The summed E-state index contributed by atoms with van der Waals surface area (Å²) in [6, 6.07) is 8.09. The maximum Gasteiger partial charge on any atom is 0.433 e. The van der Waals surface area contributed by atoms with Crippen LogP contribution in [-0.2, 0) is 20.9 Å². The summed E-state index contributed by atoms with van der Waals surface area (Å²) in [6.45, 7) is 8.82. The average Bonchev–Trinajstić information content (AvgIpc) is 3.11. The molecule has 0 aliphatic heterocycles. The number of nitrogens with zero attached hydrogens (tertiary/aromatic N) is 2. The molecule has 0 saturated heterocycles. The summed E-state index contributed by atoms with van der Waals surface area (Å²) in [5.41, 5.74) is 0.538. The lowest BCUT2D eigenvalue weighted by Gasteiger charge is -2.11. The molecule has 6 nitrogen and oxygen atoms in total. The van der Waals surface area contributed by atoms with E-state index in [1.54, 1.807) is 26.0 Å². The van der Waals surface area contributed by atoms with Gasteiger partial charge in [0, 0.05) is 23.5 Å². The van der Waals surface area contributed by atoms with Gasteiger partial charge in [0.1, 0.15) is 11.4 Å². The molecule has 2 heterocycles. The van der Waals surface area contributed by atoms with E-state index in [1.165, 1.54) is 31.3 Å². The fourth-order valence-corrected chi connectivity index (χ4v) is 4.63. The number of esters is 1.